The number of benzene rings is 2. The molecule has 0 bridgehead atoms. The highest BCUT2D eigenvalue weighted by Gasteiger charge is 2.14. The van der Waals surface area contributed by atoms with Gasteiger partial charge < -0.3 is 9.72 Å². The molecule has 0 unspecified atom stereocenters. The first-order valence-corrected chi connectivity index (χ1v) is 8.53. The molecule has 4 rings (SSSR count). The molecule has 4 aromatic rings. The van der Waals surface area contributed by atoms with Gasteiger partial charge in [-0.25, -0.2) is 4.98 Å². The Balaban J connectivity index is 1.70. The van der Waals surface area contributed by atoms with E-state index in [0.717, 1.165) is 33.7 Å². The molecule has 128 valence electrons. The Morgan fingerprint density at radius 2 is 1.81 bits per heavy atom. The lowest BCUT2D eigenvalue weighted by Gasteiger charge is -2.11. The number of imidazole rings is 1. The summed E-state index contributed by atoms with van der Waals surface area (Å²) < 4.78 is 1.97. The number of rotatable bonds is 3. The van der Waals surface area contributed by atoms with Gasteiger partial charge in [-0.3, -0.25) is 4.79 Å². The van der Waals surface area contributed by atoms with Crippen LogP contribution in [0.3, 0.4) is 0 Å². The number of anilines is 1. The van der Waals surface area contributed by atoms with E-state index in [2.05, 4.69) is 10.3 Å². The minimum atomic E-state index is -0.112. The second-order valence-corrected chi connectivity index (χ2v) is 6.41. The summed E-state index contributed by atoms with van der Waals surface area (Å²) in [7, 11) is 0. The van der Waals surface area contributed by atoms with Crippen LogP contribution in [0.1, 0.15) is 21.5 Å². The first kappa shape index (κ1) is 16.1. The number of aromatic nitrogens is 2. The summed E-state index contributed by atoms with van der Waals surface area (Å²) in [5.74, 6) is -0.112. The third kappa shape index (κ3) is 2.97. The number of para-hydroxylation sites is 1. The van der Waals surface area contributed by atoms with Gasteiger partial charge in [-0.15, -0.1) is 0 Å². The SMILES string of the molecule is Cc1ccc(C(=O)Nc2ccccc2-c2cn3ccccc3n2)c(C)c1. The van der Waals surface area contributed by atoms with Crippen LogP contribution in [0, 0.1) is 13.8 Å². The van der Waals surface area contributed by atoms with Gasteiger partial charge in [0.05, 0.1) is 11.4 Å². The van der Waals surface area contributed by atoms with Crippen molar-refractivity contribution in [1.29, 1.82) is 0 Å². The minimum Gasteiger partial charge on any atom is -0.321 e. The average molecular weight is 341 g/mol. The fraction of sp³-hybridized carbons (Fsp3) is 0.0909. The van der Waals surface area contributed by atoms with E-state index in [-0.39, 0.29) is 5.91 Å². The van der Waals surface area contributed by atoms with Crippen LogP contribution in [-0.4, -0.2) is 15.3 Å². The van der Waals surface area contributed by atoms with Gasteiger partial charge in [-0.2, -0.15) is 0 Å². The van der Waals surface area contributed by atoms with Crippen molar-refractivity contribution in [3.05, 3.63) is 89.7 Å². The van der Waals surface area contributed by atoms with Crippen molar-refractivity contribution in [2.75, 3.05) is 5.32 Å². The van der Waals surface area contributed by atoms with Crippen molar-refractivity contribution in [1.82, 2.24) is 9.38 Å². The van der Waals surface area contributed by atoms with Crippen LogP contribution in [0.2, 0.25) is 0 Å². The van der Waals surface area contributed by atoms with Gasteiger partial charge in [0.1, 0.15) is 5.65 Å². The quantitative estimate of drug-likeness (QED) is 0.578. The number of fused-ring (bicyclic) bond motifs is 1. The first-order valence-electron chi connectivity index (χ1n) is 8.53. The Kier molecular flexibility index (Phi) is 4.01. The maximum atomic E-state index is 12.8. The Bertz CT molecular complexity index is 1080. The summed E-state index contributed by atoms with van der Waals surface area (Å²) in [6.07, 6.45) is 3.93. The number of nitrogens with zero attached hydrogens (tertiary/aromatic N) is 2. The molecular weight excluding hydrogens is 322 g/mol. The lowest BCUT2D eigenvalue weighted by Crippen LogP contribution is -2.14. The van der Waals surface area contributed by atoms with Crippen molar-refractivity contribution in [2.24, 2.45) is 0 Å². The number of hydrogen-bond acceptors (Lipinski definition) is 2. The largest absolute Gasteiger partial charge is 0.321 e. The molecule has 2 aromatic heterocycles. The van der Waals surface area contributed by atoms with Gasteiger partial charge in [0.25, 0.3) is 5.91 Å². The van der Waals surface area contributed by atoms with Gasteiger partial charge in [0.15, 0.2) is 0 Å². The molecule has 2 aromatic carbocycles. The van der Waals surface area contributed by atoms with E-state index in [1.807, 2.05) is 91.3 Å². The zero-order chi connectivity index (χ0) is 18.1. The smallest absolute Gasteiger partial charge is 0.255 e. The van der Waals surface area contributed by atoms with E-state index in [1.165, 1.54) is 0 Å². The molecule has 26 heavy (non-hydrogen) atoms. The molecular formula is C22H19N3O. The van der Waals surface area contributed by atoms with Crippen LogP contribution in [0.5, 0.6) is 0 Å². The van der Waals surface area contributed by atoms with Gasteiger partial charge in [-0.05, 0) is 43.7 Å². The van der Waals surface area contributed by atoms with Crippen LogP contribution >= 0.6 is 0 Å². The Labute approximate surface area is 152 Å². The molecule has 0 aliphatic carbocycles. The van der Waals surface area contributed by atoms with Crippen molar-refractivity contribution in [3.8, 4) is 11.3 Å². The molecule has 0 saturated heterocycles. The summed E-state index contributed by atoms with van der Waals surface area (Å²) in [6, 6.07) is 19.5. The van der Waals surface area contributed by atoms with Crippen molar-refractivity contribution in [3.63, 3.8) is 0 Å². The predicted octanol–water partition coefficient (Wildman–Crippen LogP) is 4.87. The normalized spacial score (nSPS) is 10.8. The molecule has 0 spiro atoms. The molecule has 0 radical (unpaired) electrons. The highest BCUT2D eigenvalue weighted by Crippen LogP contribution is 2.28. The van der Waals surface area contributed by atoms with Crippen molar-refractivity contribution < 1.29 is 4.79 Å². The number of amides is 1. The average Bonchev–Trinajstić information content (AvgIpc) is 3.06. The van der Waals surface area contributed by atoms with E-state index in [0.29, 0.717) is 5.56 Å². The van der Waals surface area contributed by atoms with Crippen LogP contribution in [0.4, 0.5) is 5.69 Å². The summed E-state index contributed by atoms with van der Waals surface area (Å²) in [5.41, 5.74) is 6.14. The number of carbonyl (C=O) groups excluding carboxylic acids is 1. The molecule has 0 fully saturated rings. The fourth-order valence-electron chi connectivity index (χ4n) is 3.14. The number of aryl methyl sites for hydroxylation is 2. The fourth-order valence-corrected chi connectivity index (χ4v) is 3.14. The van der Waals surface area contributed by atoms with E-state index in [4.69, 9.17) is 0 Å². The first-order chi connectivity index (χ1) is 12.6. The third-order valence-electron chi connectivity index (χ3n) is 4.44. The zero-order valence-corrected chi connectivity index (χ0v) is 14.7. The molecule has 0 atom stereocenters. The van der Waals surface area contributed by atoms with Gasteiger partial charge in [0.2, 0.25) is 0 Å². The molecule has 1 N–H and O–H groups in total. The van der Waals surface area contributed by atoms with Crippen LogP contribution in [-0.2, 0) is 0 Å². The maximum absolute atomic E-state index is 12.8. The zero-order valence-electron chi connectivity index (χ0n) is 14.7. The molecule has 1 amide bonds. The highest BCUT2D eigenvalue weighted by atomic mass is 16.1. The summed E-state index contributed by atoms with van der Waals surface area (Å²) in [6.45, 7) is 3.98. The molecule has 4 nitrogen and oxygen atoms in total. The van der Waals surface area contributed by atoms with Crippen LogP contribution in [0.15, 0.2) is 73.1 Å². The Morgan fingerprint density at radius 1 is 1.00 bits per heavy atom. The number of carbonyl (C=O) groups is 1. The molecule has 0 aliphatic heterocycles. The number of nitrogens with one attached hydrogen (secondary N) is 1. The van der Waals surface area contributed by atoms with Crippen LogP contribution < -0.4 is 5.32 Å². The topological polar surface area (TPSA) is 46.4 Å². The standard InChI is InChI=1S/C22H19N3O/c1-15-10-11-17(16(2)13-15)22(26)24-19-8-4-3-7-18(19)20-14-25-12-6-5-9-21(25)23-20/h3-14H,1-2H3,(H,24,26). The second-order valence-electron chi connectivity index (χ2n) is 6.41. The predicted molar refractivity (Wildman–Crippen MR) is 104 cm³/mol. The monoisotopic (exact) mass is 341 g/mol. The van der Waals surface area contributed by atoms with Crippen molar-refractivity contribution in [2.45, 2.75) is 13.8 Å². The summed E-state index contributed by atoms with van der Waals surface area (Å²) >= 11 is 0. The third-order valence-corrected chi connectivity index (χ3v) is 4.44. The van der Waals surface area contributed by atoms with Gasteiger partial charge in [-0.1, -0.05) is 42.0 Å². The summed E-state index contributed by atoms with van der Waals surface area (Å²) in [4.78, 5) is 17.4. The second kappa shape index (κ2) is 6.48. The van der Waals surface area contributed by atoms with Crippen LogP contribution in [0.25, 0.3) is 16.9 Å². The molecule has 0 aliphatic rings. The van der Waals surface area contributed by atoms with Gasteiger partial charge >= 0.3 is 0 Å². The number of hydrogen-bond donors (Lipinski definition) is 1. The maximum Gasteiger partial charge on any atom is 0.255 e. The van der Waals surface area contributed by atoms with E-state index in [1.54, 1.807) is 0 Å². The summed E-state index contributed by atoms with van der Waals surface area (Å²) in [5, 5.41) is 3.04. The molecule has 0 saturated carbocycles. The Hall–Kier alpha value is -3.40. The highest BCUT2D eigenvalue weighted by molar-refractivity contribution is 6.07. The molecule has 4 heteroatoms. The van der Waals surface area contributed by atoms with E-state index >= 15 is 0 Å². The van der Waals surface area contributed by atoms with E-state index in [9.17, 15) is 4.79 Å². The minimum absolute atomic E-state index is 0.112. The molecule has 2 heterocycles. The lowest BCUT2D eigenvalue weighted by molar-refractivity contribution is 0.102. The lowest BCUT2D eigenvalue weighted by atomic mass is 10.0. The van der Waals surface area contributed by atoms with Gasteiger partial charge in [0, 0.05) is 23.5 Å². The number of pyridine rings is 1. The van der Waals surface area contributed by atoms with E-state index < -0.39 is 0 Å². The van der Waals surface area contributed by atoms with Crippen molar-refractivity contribution >= 4 is 17.2 Å². The Morgan fingerprint density at radius 3 is 2.62 bits per heavy atom.